The number of anilines is 1. The van der Waals surface area contributed by atoms with Crippen molar-refractivity contribution in [3.05, 3.63) is 27.7 Å². The normalized spacial score (nSPS) is 20.4. The molecule has 7 heteroatoms. The summed E-state index contributed by atoms with van der Waals surface area (Å²) in [5.41, 5.74) is 1.21. The molecule has 1 aromatic carbocycles. The lowest BCUT2D eigenvalue weighted by Crippen LogP contribution is -2.41. The van der Waals surface area contributed by atoms with E-state index in [0.717, 1.165) is 0 Å². The summed E-state index contributed by atoms with van der Waals surface area (Å²) in [6.07, 6.45) is 0. The fraction of sp³-hybridized carbons (Fsp3) is 0.417. The van der Waals surface area contributed by atoms with Gasteiger partial charge in [0.15, 0.2) is 0 Å². The van der Waals surface area contributed by atoms with E-state index in [9.17, 15) is 4.79 Å². The summed E-state index contributed by atoms with van der Waals surface area (Å²) in [4.78, 5) is 14.2. The quantitative estimate of drug-likeness (QED) is 0.755. The van der Waals surface area contributed by atoms with Gasteiger partial charge < -0.3 is 14.4 Å². The Morgan fingerprint density at radius 1 is 1.32 bits per heavy atom. The second-order valence-corrected chi connectivity index (χ2v) is 5.79. The highest BCUT2D eigenvalue weighted by Gasteiger charge is 2.56. The highest BCUT2D eigenvalue weighted by molar-refractivity contribution is 9.09. The summed E-state index contributed by atoms with van der Waals surface area (Å²) in [5, 5.41) is 1.38. The topological polar surface area (TPSA) is 38.8 Å². The molecule has 0 saturated carbocycles. The van der Waals surface area contributed by atoms with Crippen LogP contribution in [-0.2, 0) is 20.1 Å². The molecule has 4 nitrogen and oxygen atoms in total. The summed E-state index contributed by atoms with van der Waals surface area (Å²) in [6.45, 7) is 1.24. The highest BCUT2D eigenvalue weighted by Crippen LogP contribution is 2.50. The molecule has 102 valence electrons. The molecular formula is C12H10BrCl2NO3. The maximum Gasteiger partial charge on any atom is 0.292 e. The molecule has 1 aromatic rings. The molecule has 1 spiro atoms. The Bertz CT molecular complexity index is 546. The van der Waals surface area contributed by atoms with E-state index in [1.54, 1.807) is 17.0 Å². The number of fused-ring (bicyclic) bond motifs is 2. The van der Waals surface area contributed by atoms with E-state index in [1.165, 1.54) is 0 Å². The van der Waals surface area contributed by atoms with Crippen molar-refractivity contribution in [2.45, 2.75) is 5.79 Å². The van der Waals surface area contributed by atoms with Gasteiger partial charge in [0.1, 0.15) is 0 Å². The van der Waals surface area contributed by atoms with Gasteiger partial charge in [-0.15, -0.1) is 0 Å². The number of rotatable bonds is 2. The highest BCUT2D eigenvalue weighted by atomic mass is 79.9. The van der Waals surface area contributed by atoms with Crippen LogP contribution in [0, 0.1) is 0 Å². The number of alkyl halides is 1. The Morgan fingerprint density at radius 3 is 2.63 bits per heavy atom. The number of nitrogens with zero attached hydrogens (tertiary/aromatic N) is 1. The van der Waals surface area contributed by atoms with E-state index >= 15 is 0 Å². The third kappa shape index (κ3) is 1.83. The maximum atomic E-state index is 12.6. The maximum absolute atomic E-state index is 12.6. The minimum atomic E-state index is -1.34. The first-order chi connectivity index (χ1) is 9.12. The van der Waals surface area contributed by atoms with Gasteiger partial charge in [0.2, 0.25) is 0 Å². The number of amides is 1. The molecular weight excluding hydrogens is 357 g/mol. The predicted molar refractivity (Wildman–Crippen MR) is 76.2 cm³/mol. The van der Waals surface area contributed by atoms with E-state index in [0.29, 0.717) is 46.4 Å². The molecule has 1 saturated heterocycles. The molecule has 2 aliphatic rings. The average Bonchev–Trinajstić information content (AvgIpc) is 2.96. The minimum absolute atomic E-state index is 0.247. The number of benzene rings is 1. The molecule has 0 N–H and O–H groups in total. The smallest absolute Gasteiger partial charge is 0.292 e. The second kappa shape index (κ2) is 4.90. The lowest BCUT2D eigenvalue weighted by Gasteiger charge is -2.21. The van der Waals surface area contributed by atoms with Gasteiger partial charge in [-0.25, -0.2) is 0 Å². The second-order valence-electron chi connectivity index (χ2n) is 4.22. The van der Waals surface area contributed by atoms with Gasteiger partial charge in [0.25, 0.3) is 11.7 Å². The monoisotopic (exact) mass is 365 g/mol. The summed E-state index contributed by atoms with van der Waals surface area (Å²) in [7, 11) is 0. The SMILES string of the molecule is O=C1N(CCBr)c2c(ccc(Cl)c2Cl)C12OCCO2. The van der Waals surface area contributed by atoms with Crippen molar-refractivity contribution in [3.8, 4) is 0 Å². The van der Waals surface area contributed by atoms with Crippen molar-refractivity contribution < 1.29 is 14.3 Å². The van der Waals surface area contributed by atoms with E-state index < -0.39 is 5.79 Å². The summed E-state index contributed by atoms with van der Waals surface area (Å²) in [6, 6.07) is 3.39. The van der Waals surface area contributed by atoms with E-state index in [-0.39, 0.29) is 5.91 Å². The van der Waals surface area contributed by atoms with Crippen LogP contribution in [0.5, 0.6) is 0 Å². The molecule has 1 fully saturated rings. The summed E-state index contributed by atoms with van der Waals surface area (Å²) >= 11 is 15.6. The minimum Gasteiger partial charge on any atom is -0.336 e. The fourth-order valence-corrected chi connectivity index (χ4v) is 3.23. The zero-order valence-corrected chi connectivity index (χ0v) is 12.9. The molecule has 0 radical (unpaired) electrons. The van der Waals surface area contributed by atoms with Gasteiger partial charge in [-0.05, 0) is 12.1 Å². The van der Waals surface area contributed by atoms with Gasteiger partial charge in [0.05, 0.1) is 28.9 Å². The van der Waals surface area contributed by atoms with Crippen LogP contribution in [-0.4, -0.2) is 31.0 Å². The van der Waals surface area contributed by atoms with Crippen LogP contribution in [0.25, 0.3) is 0 Å². The number of hydrogen-bond donors (Lipinski definition) is 0. The van der Waals surface area contributed by atoms with Crippen molar-refractivity contribution in [3.63, 3.8) is 0 Å². The first-order valence-electron chi connectivity index (χ1n) is 5.76. The predicted octanol–water partition coefficient (Wildman–Crippen LogP) is 2.93. The Labute approximate surface area is 128 Å². The first-order valence-corrected chi connectivity index (χ1v) is 7.64. The van der Waals surface area contributed by atoms with Crippen molar-refractivity contribution in [2.24, 2.45) is 0 Å². The number of hydrogen-bond acceptors (Lipinski definition) is 3. The zero-order chi connectivity index (χ0) is 13.6. The zero-order valence-electron chi connectivity index (χ0n) is 9.79. The molecule has 3 rings (SSSR count). The number of ether oxygens (including phenoxy) is 2. The Morgan fingerprint density at radius 2 is 2.00 bits per heavy atom. The molecule has 0 aliphatic carbocycles. The lowest BCUT2D eigenvalue weighted by molar-refractivity contribution is -0.180. The lowest BCUT2D eigenvalue weighted by atomic mass is 10.1. The number of halogens is 3. The molecule has 19 heavy (non-hydrogen) atoms. The first kappa shape index (κ1) is 13.6. The van der Waals surface area contributed by atoms with E-state index in [4.69, 9.17) is 32.7 Å². The molecule has 0 aromatic heterocycles. The molecule has 0 unspecified atom stereocenters. The number of carbonyl (C=O) groups is 1. The fourth-order valence-electron chi connectivity index (χ4n) is 2.45. The van der Waals surface area contributed by atoms with Crippen LogP contribution in [0.3, 0.4) is 0 Å². The van der Waals surface area contributed by atoms with Gasteiger partial charge in [0, 0.05) is 17.4 Å². The van der Waals surface area contributed by atoms with Crippen molar-refractivity contribution >= 4 is 50.7 Å². The molecule has 1 amide bonds. The van der Waals surface area contributed by atoms with Crippen molar-refractivity contribution in [1.29, 1.82) is 0 Å². The summed E-state index contributed by atoms with van der Waals surface area (Å²) in [5.74, 6) is -1.59. The Hall–Kier alpha value is -0.330. The molecule has 2 aliphatic heterocycles. The van der Waals surface area contributed by atoms with Crippen LogP contribution in [0.1, 0.15) is 5.56 Å². The number of carbonyl (C=O) groups excluding carboxylic acids is 1. The molecule has 0 atom stereocenters. The van der Waals surface area contributed by atoms with Gasteiger partial charge in [-0.2, -0.15) is 0 Å². The third-order valence-corrected chi connectivity index (χ3v) is 4.37. The van der Waals surface area contributed by atoms with E-state index in [1.807, 2.05) is 0 Å². The molecule has 0 bridgehead atoms. The van der Waals surface area contributed by atoms with Crippen LogP contribution >= 0.6 is 39.1 Å². The van der Waals surface area contributed by atoms with Crippen LogP contribution in [0.15, 0.2) is 12.1 Å². The Balaban J connectivity index is 2.21. The largest absolute Gasteiger partial charge is 0.336 e. The average molecular weight is 367 g/mol. The van der Waals surface area contributed by atoms with Gasteiger partial charge in [-0.3, -0.25) is 4.79 Å². The Kier molecular flexibility index (Phi) is 3.52. The standard InChI is InChI=1S/C12H10BrCl2NO3/c13-3-4-16-10-7(1-2-8(14)9(10)15)12(11(16)17)18-5-6-19-12/h1-2H,3-6H2. The molecule has 2 heterocycles. The van der Waals surface area contributed by atoms with Crippen LogP contribution < -0.4 is 4.90 Å². The van der Waals surface area contributed by atoms with Gasteiger partial charge in [-0.1, -0.05) is 39.1 Å². The van der Waals surface area contributed by atoms with Crippen LogP contribution in [0.4, 0.5) is 5.69 Å². The van der Waals surface area contributed by atoms with Crippen molar-refractivity contribution in [1.82, 2.24) is 0 Å². The van der Waals surface area contributed by atoms with Crippen molar-refractivity contribution in [2.75, 3.05) is 30.0 Å². The third-order valence-electron chi connectivity index (χ3n) is 3.22. The van der Waals surface area contributed by atoms with Gasteiger partial charge >= 0.3 is 0 Å². The van der Waals surface area contributed by atoms with E-state index in [2.05, 4.69) is 15.9 Å². The van der Waals surface area contributed by atoms with Crippen LogP contribution in [0.2, 0.25) is 10.0 Å². The summed E-state index contributed by atoms with van der Waals surface area (Å²) < 4.78 is 11.2.